The van der Waals surface area contributed by atoms with Crippen molar-refractivity contribution in [2.24, 2.45) is 5.73 Å². The first-order chi connectivity index (χ1) is 17.2. The molecule has 0 atom stereocenters. The average Bonchev–Trinajstić information content (AvgIpc) is 3.29. The molecule has 0 radical (unpaired) electrons. The average molecular weight is 510 g/mol. The van der Waals surface area contributed by atoms with Crippen molar-refractivity contribution in [1.29, 1.82) is 0 Å². The lowest BCUT2D eigenvalue weighted by Crippen LogP contribution is -2.33. The molecule has 9 nitrogen and oxygen atoms in total. The van der Waals surface area contributed by atoms with E-state index in [9.17, 15) is 12.8 Å². The summed E-state index contributed by atoms with van der Waals surface area (Å²) >= 11 is 0. The van der Waals surface area contributed by atoms with Gasteiger partial charge in [-0.25, -0.2) is 32.1 Å². The fourth-order valence-electron chi connectivity index (χ4n) is 4.42. The molecule has 0 saturated heterocycles. The van der Waals surface area contributed by atoms with E-state index in [1.54, 1.807) is 34.9 Å². The molecule has 5 rings (SSSR count). The van der Waals surface area contributed by atoms with E-state index in [1.807, 2.05) is 18.3 Å². The monoisotopic (exact) mass is 509 g/mol. The van der Waals surface area contributed by atoms with E-state index >= 15 is 0 Å². The molecule has 1 fully saturated rings. The van der Waals surface area contributed by atoms with Crippen molar-refractivity contribution in [1.82, 2.24) is 23.7 Å². The van der Waals surface area contributed by atoms with Crippen molar-refractivity contribution in [2.45, 2.75) is 42.7 Å². The third-order valence-corrected chi connectivity index (χ3v) is 8.39. The minimum absolute atomic E-state index is 0.150. The molecule has 36 heavy (non-hydrogen) atoms. The quantitative estimate of drug-likeness (QED) is 0.408. The number of hydrogen-bond acceptors (Lipinski definition) is 7. The summed E-state index contributed by atoms with van der Waals surface area (Å²) in [4.78, 5) is 13.2. The third-order valence-electron chi connectivity index (χ3n) is 6.56. The summed E-state index contributed by atoms with van der Waals surface area (Å²) in [6, 6.07) is 10.8. The number of rotatable bonds is 6. The molecule has 0 amide bonds. The van der Waals surface area contributed by atoms with Crippen molar-refractivity contribution in [3.63, 3.8) is 0 Å². The van der Waals surface area contributed by atoms with Gasteiger partial charge in [0.25, 0.3) is 0 Å². The van der Waals surface area contributed by atoms with Crippen molar-refractivity contribution >= 4 is 21.6 Å². The number of fused-ring (bicyclic) bond motifs is 1. The molecule has 1 aliphatic rings. The highest BCUT2D eigenvalue weighted by molar-refractivity contribution is 7.89. The molecule has 3 aromatic heterocycles. The Labute approximate surface area is 209 Å². The molecule has 0 bridgehead atoms. The van der Waals surface area contributed by atoms with Crippen LogP contribution in [0.1, 0.15) is 25.7 Å². The van der Waals surface area contributed by atoms with Gasteiger partial charge >= 0.3 is 0 Å². The number of nitrogens with zero attached hydrogens (tertiary/aromatic N) is 5. The molecule has 0 aliphatic heterocycles. The SMILES string of the molecule is CN(C)S(=O)(=O)c1ccc(-c2ccc3ncc(-c4nc(NC5CCC(N)CC5)ncc4F)n3c2)cc1. The number of imidazole rings is 1. The minimum Gasteiger partial charge on any atom is -0.351 e. The van der Waals surface area contributed by atoms with Gasteiger partial charge in [-0.2, -0.15) is 0 Å². The van der Waals surface area contributed by atoms with Gasteiger partial charge in [0, 0.05) is 32.4 Å². The maximum atomic E-state index is 14.9. The molecular formula is C25H28FN7O2S. The highest BCUT2D eigenvalue weighted by atomic mass is 32.2. The highest BCUT2D eigenvalue weighted by Crippen LogP contribution is 2.28. The lowest BCUT2D eigenvalue weighted by molar-refractivity contribution is 0.409. The van der Waals surface area contributed by atoms with Crippen LogP contribution >= 0.6 is 0 Å². The smallest absolute Gasteiger partial charge is 0.242 e. The molecular weight excluding hydrogens is 481 g/mol. The zero-order valence-electron chi connectivity index (χ0n) is 20.1. The van der Waals surface area contributed by atoms with Gasteiger partial charge in [-0.15, -0.1) is 0 Å². The summed E-state index contributed by atoms with van der Waals surface area (Å²) in [6.45, 7) is 0. The van der Waals surface area contributed by atoms with Crippen LogP contribution < -0.4 is 11.1 Å². The summed E-state index contributed by atoms with van der Waals surface area (Å²) in [5.41, 5.74) is 8.91. The number of hydrogen-bond donors (Lipinski definition) is 2. The second-order valence-electron chi connectivity index (χ2n) is 9.25. The van der Waals surface area contributed by atoms with E-state index < -0.39 is 15.8 Å². The van der Waals surface area contributed by atoms with E-state index in [0.717, 1.165) is 36.8 Å². The van der Waals surface area contributed by atoms with Crippen LogP contribution in [0.4, 0.5) is 10.3 Å². The molecule has 4 aromatic rings. The van der Waals surface area contributed by atoms with Crippen molar-refractivity contribution in [3.05, 3.63) is 60.8 Å². The van der Waals surface area contributed by atoms with Crippen LogP contribution in [0.5, 0.6) is 0 Å². The van der Waals surface area contributed by atoms with Crippen molar-refractivity contribution in [3.8, 4) is 22.5 Å². The van der Waals surface area contributed by atoms with E-state index in [-0.39, 0.29) is 22.7 Å². The number of anilines is 1. The summed E-state index contributed by atoms with van der Waals surface area (Å²) in [5.74, 6) is -0.174. The standard InChI is InChI=1S/C25H28FN7O2S/c1-32(2)36(34,35)20-10-3-16(4-11-20)17-5-12-23-28-14-22(33(23)15-17)24-21(26)13-29-25(31-24)30-19-8-6-18(27)7-9-19/h3-5,10-15,18-19H,6-9,27H2,1-2H3,(H,29,30,31). The van der Waals surface area contributed by atoms with Gasteiger partial charge in [0.2, 0.25) is 16.0 Å². The Kier molecular flexibility index (Phi) is 6.45. The van der Waals surface area contributed by atoms with Gasteiger partial charge in [-0.3, -0.25) is 4.40 Å². The van der Waals surface area contributed by atoms with Crippen LogP contribution in [0, 0.1) is 5.82 Å². The summed E-state index contributed by atoms with van der Waals surface area (Å²) < 4.78 is 42.6. The number of benzene rings is 1. The molecule has 1 aliphatic carbocycles. The number of sulfonamides is 1. The predicted molar refractivity (Wildman–Crippen MR) is 136 cm³/mol. The van der Waals surface area contributed by atoms with E-state index in [1.165, 1.54) is 24.6 Å². The minimum atomic E-state index is -3.52. The van der Waals surface area contributed by atoms with Crippen LogP contribution in [0.3, 0.4) is 0 Å². The Morgan fingerprint density at radius 2 is 1.69 bits per heavy atom. The van der Waals surface area contributed by atoms with E-state index in [4.69, 9.17) is 5.73 Å². The van der Waals surface area contributed by atoms with Crippen LogP contribution in [0.15, 0.2) is 59.9 Å². The summed E-state index contributed by atoms with van der Waals surface area (Å²) in [7, 11) is -0.526. The third kappa shape index (κ3) is 4.69. The molecule has 1 aromatic carbocycles. The molecule has 3 N–H and O–H groups in total. The van der Waals surface area contributed by atoms with Crippen LogP contribution in [0.25, 0.3) is 28.2 Å². The number of halogens is 1. The van der Waals surface area contributed by atoms with Crippen LogP contribution in [-0.2, 0) is 10.0 Å². The number of nitrogens with one attached hydrogen (secondary N) is 1. The molecule has 11 heteroatoms. The molecule has 188 valence electrons. The lowest BCUT2D eigenvalue weighted by atomic mass is 9.92. The van der Waals surface area contributed by atoms with Gasteiger partial charge in [0.1, 0.15) is 11.3 Å². The molecule has 3 heterocycles. The fourth-order valence-corrected chi connectivity index (χ4v) is 5.32. The Morgan fingerprint density at radius 1 is 1.00 bits per heavy atom. The Hall–Kier alpha value is -3.41. The maximum absolute atomic E-state index is 14.9. The first-order valence-electron chi connectivity index (χ1n) is 11.8. The first kappa shape index (κ1) is 24.3. The number of pyridine rings is 1. The van der Waals surface area contributed by atoms with Gasteiger partial charge in [0.05, 0.1) is 23.0 Å². The van der Waals surface area contributed by atoms with Gasteiger partial charge in [0.15, 0.2) is 5.82 Å². The van der Waals surface area contributed by atoms with Gasteiger partial charge in [-0.1, -0.05) is 12.1 Å². The Morgan fingerprint density at radius 3 is 2.39 bits per heavy atom. The Bertz CT molecular complexity index is 1490. The van der Waals surface area contributed by atoms with Crippen LogP contribution in [-0.4, -0.2) is 58.3 Å². The highest BCUT2D eigenvalue weighted by Gasteiger charge is 2.21. The summed E-state index contributed by atoms with van der Waals surface area (Å²) in [6.07, 6.45) is 8.31. The second kappa shape index (κ2) is 9.57. The fraction of sp³-hybridized carbons (Fsp3) is 0.320. The van der Waals surface area contributed by atoms with Gasteiger partial charge in [-0.05, 0) is 61.1 Å². The van der Waals surface area contributed by atoms with E-state index in [0.29, 0.717) is 17.3 Å². The maximum Gasteiger partial charge on any atom is 0.242 e. The Balaban J connectivity index is 1.47. The normalized spacial score (nSPS) is 18.6. The zero-order chi connectivity index (χ0) is 25.4. The molecule has 1 saturated carbocycles. The zero-order valence-corrected chi connectivity index (χ0v) is 20.9. The van der Waals surface area contributed by atoms with Crippen LogP contribution in [0.2, 0.25) is 0 Å². The number of aromatic nitrogens is 4. The van der Waals surface area contributed by atoms with Crippen molar-refractivity contribution in [2.75, 3.05) is 19.4 Å². The summed E-state index contributed by atoms with van der Waals surface area (Å²) in [5, 5.41) is 3.31. The van der Waals surface area contributed by atoms with Crippen molar-refractivity contribution < 1.29 is 12.8 Å². The molecule has 0 spiro atoms. The van der Waals surface area contributed by atoms with Gasteiger partial charge < -0.3 is 11.1 Å². The second-order valence-corrected chi connectivity index (χ2v) is 11.4. The molecule has 0 unspecified atom stereocenters. The topological polar surface area (TPSA) is 119 Å². The number of nitrogens with two attached hydrogens (primary N) is 1. The predicted octanol–water partition coefficient (Wildman–Crippen LogP) is 3.53. The van der Waals surface area contributed by atoms with E-state index in [2.05, 4.69) is 20.3 Å². The largest absolute Gasteiger partial charge is 0.351 e. The first-order valence-corrected chi connectivity index (χ1v) is 13.2. The lowest BCUT2D eigenvalue weighted by Gasteiger charge is -2.26.